The Bertz CT molecular complexity index is 950. The number of nitrogens with one attached hydrogen (secondary N) is 1. The van der Waals surface area contributed by atoms with Gasteiger partial charge in [0.05, 0.1) is 18.5 Å². The number of likely N-dealkylation sites (tertiary alicyclic amines) is 1. The summed E-state index contributed by atoms with van der Waals surface area (Å²) in [6.07, 6.45) is 5.01. The molecule has 0 unspecified atom stereocenters. The smallest absolute Gasteiger partial charge is 0.255 e. The van der Waals surface area contributed by atoms with Crippen molar-refractivity contribution in [3.8, 4) is 0 Å². The Morgan fingerprint density at radius 3 is 2.52 bits per heavy atom. The molecule has 1 atom stereocenters. The zero-order chi connectivity index (χ0) is 23.8. The van der Waals surface area contributed by atoms with Gasteiger partial charge in [-0.05, 0) is 43.1 Å². The molecule has 2 heterocycles. The standard InChI is InChI=1S/C26H38N4O3/c1-20(2)8-7-13-27-23-17-25(32)30(19-28-23)18-26(33)11-14-29(15-12-26)24(31)16-21(3)22-9-5-4-6-10-22/h4-6,9-10,17,19-21,27,33H,7-8,11-16,18H2,1-3H3/t21-/m1/s1. The van der Waals surface area contributed by atoms with Crippen molar-refractivity contribution < 1.29 is 9.90 Å². The number of nitrogens with zero attached hydrogens (tertiary/aromatic N) is 3. The van der Waals surface area contributed by atoms with Crippen LogP contribution in [0.15, 0.2) is 47.5 Å². The minimum atomic E-state index is -1.01. The van der Waals surface area contributed by atoms with Gasteiger partial charge >= 0.3 is 0 Å². The summed E-state index contributed by atoms with van der Waals surface area (Å²) >= 11 is 0. The minimum absolute atomic E-state index is 0.111. The Kier molecular flexibility index (Phi) is 8.67. The van der Waals surface area contributed by atoms with Gasteiger partial charge in [-0.1, -0.05) is 51.1 Å². The average Bonchev–Trinajstić information content (AvgIpc) is 2.79. The fraction of sp³-hybridized carbons (Fsp3) is 0.577. The molecule has 1 amide bonds. The summed E-state index contributed by atoms with van der Waals surface area (Å²) < 4.78 is 1.47. The van der Waals surface area contributed by atoms with E-state index in [1.165, 1.54) is 17.0 Å². The molecule has 1 saturated heterocycles. The van der Waals surface area contributed by atoms with Crippen molar-refractivity contribution in [2.24, 2.45) is 5.92 Å². The molecule has 1 aromatic heterocycles. The second kappa shape index (κ2) is 11.5. The number of aliphatic hydroxyl groups is 1. The van der Waals surface area contributed by atoms with Gasteiger partial charge in [-0.2, -0.15) is 0 Å². The summed E-state index contributed by atoms with van der Waals surface area (Å²) in [7, 11) is 0. The average molecular weight is 455 g/mol. The zero-order valence-electron chi connectivity index (χ0n) is 20.2. The van der Waals surface area contributed by atoms with E-state index in [4.69, 9.17) is 0 Å². The fourth-order valence-corrected chi connectivity index (χ4v) is 4.31. The van der Waals surface area contributed by atoms with E-state index in [1.54, 1.807) is 0 Å². The Morgan fingerprint density at radius 1 is 1.18 bits per heavy atom. The molecule has 1 fully saturated rings. The normalized spacial score (nSPS) is 16.6. The predicted molar refractivity (Wildman–Crippen MR) is 131 cm³/mol. The number of rotatable bonds is 10. The number of aromatic nitrogens is 2. The largest absolute Gasteiger partial charge is 0.388 e. The third-order valence-electron chi connectivity index (χ3n) is 6.50. The number of hydrogen-bond acceptors (Lipinski definition) is 5. The number of hydrogen-bond donors (Lipinski definition) is 2. The van der Waals surface area contributed by atoms with Crippen LogP contribution in [-0.4, -0.2) is 50.7 Å². The molecule has 0 spiro atoms. The number of benzene rings is 1. The van der Waals surface area contributed by atoms with Crippen molar-refractivity contribution in [3.05, 3.63) is 58.6 Å². The van der Waals surface area contributed by atoms with Crippen LogP contribution >= 0.6 is 0 Å². The highest BCUT2D eigenvalue weighted by Gasteiger charge is 2.34. The molecular weight excluding hydrogens is 416 g/mol. The topological polar surface area (TPSA) is 87.5 Å². The van der Waals surface area contributed by atoms with Crippen LogP contribution in [0.4, 0.5) is 5.82 Å². The number of carbonyl (C=O) groups excluding carboxylic acids is 1. The maximum Gasteiger partial charge on any atom is 0.255 e. The van der Waals surface area contributed by atoms with Crippen LogP contribution in [0.3, 0.4) is 0 Å². The van der Waals surface area contributed by atoms with Crippen LogP contribution in [0.5, 0.6) is 0 Å². The lowest BCUT2D eigenvalue weighted by molar-refractivity contribution is -0.136. The van der Waals surface area contributed by atoms with E-state index in [0.717, 1.165) is 24.9 Å². The summed E-state index contributed by atoms with van der Waals surface area (Å²) in [5.74, 6) is 1.49. The lowest BCUT2D eigenvalue weighted by Crippen LogP contribution is -2.49. The van der Waals surface area contributed by atoms with Gasteiger partial charge < -0.3 is 15.3 Å². The van der Waals surface area contributed by atoms with Gasteiger partial charge in [-0.25, -0.2) is 4.98 Å². The Labute approximate surface area is 196 Å². The molecule has 0 bridgehead atoms. The molecule has 1 aliphatic rings. The lowest BCUT2D eigenvalue weighted by Gasteiger charge is -2.38. The number of anilines is 1. The Hall–Kier alpha value is -2.67. The fourth-order valence-electron chi connectivity index (χ4n) is 4.31. The van der Waals surface area contributed by atoms with Gasteiger partial charge in [0.25, 0.3) is 5.56 Å². The quantitative estimate of drug-likeness (QED) is 0.535. The van der Waals surface area contributed by atoms with Crippen molar-refractivity contribution in [1.82, 2.24) is 14.5 Å². The maximum atomic E-state index is 12.8. The van der Waals surface area contributed by atoms with E-state index in [-0.39, 0.29) is 23.9 Å². The van der Waals surface area contributed by atoms with Gasteiger partial charge in [0.15, 0.2) is 0 Å². The van der Waals surface area contributed by atoms with E-state index in [9.17, 15) is 14.7 Å². The minimum Gasteiger partial charge on any atom is -0.388 e. The predicted octanol–water partition coefficient (Wildman–Crippen LogP) is 3.64. The van der Waals surface area contributed by atoms with Crippen molar-refractivity contribution in [2.45, 2.75) is 70.9 Å². The van der Waals surface area contributed by atoms with Gasteiger partial charge in [0.2, 0.25) is 5.91 Å². The van der Waals surface area contributed by atoms with Gasteiger partial charge in [0.1, 0.15) is 5.82 Å². The van der Waals surface area contributed by atoms with Crippen molar-refractivity contribution in [1.29, 1.82) is 0 Å². The first-order chi connectivity index (χ1) is 15.8. The van der Waals surface area contributed by atoms with E-state index in [1.807, 2.05) is 35.2 Å². The van der Waals surface area contributed by atoms with E-state index >= 15 is 0 Å². The number of carbonyl (C=O) groups is 1. The molecule has 1 aliphatic heterocycles. The number of amides is 1. The van der Waals surface area contributed by atoms with Crippen molar-refractivity contribution in [3.63, 3.8) is 0 Å². The van der Waals surface area contributed by atoms with Gasteiger partial charge in [0, 0.05) is 32.1 Å². The second-order valence-electron chi connectivity index (χ2n) is 9.82. The van der Waals surface area contributed by atoms with Crippen molar-refractivity contribution >= 4 is 11.7 Å². The van der Waals surface area contributed by atoms with Crippen LogP contribution in [0.25, 0.3) is 0 Å². The number of piperidine rings is 1. The molecule has 33 heavy (non-hydrogen) atoms. The first-order valence-corrected chi connectivity index (χ1v) is 12.1. The summed E-state index contributed by atoms with van der Waals surface area (Å²) in [5.41, 5.74) is -0.0383. The molecule has 1 aromatic carbocycles. The van der Waals surface area contributed by atoms with E-state index in [0.29, 0.717) is 44.1 Å². The monoisotopic (exact) mass is 454 g/mol. The van der Waals surface area contributed by atoms with Crippen LogP contribution in [0.2, 0.25) is 0 Å². The lowest BCUT2D eigenvalue weighted by atomic mass is 9.90. The van der Waals surface area contributed by atoms with Gasteiger partial charge in [-0.3, -0.25) is 14.2 Å². The van der Waals surface area contributed by atoms with Crippen LogP contribution in [0.1, 0.15) is 64.4 Å². The molecule has 0 radical (unpaired) electrons. The summed E-state index contributed by atoms with van der Waals surface area (Å²) in [6.45, 7) is 8.41. The summed E-state index contributed by atoms with van der Waals surface area (Å²) in [6, 6.07) is 11.5. The Morgan fingerprint density at radius 2 is 1.88 bits per heavy atom. The highest BCUT2D eigenvalue weighted by Crippen LogP contribution is 2.26. The first kappa shape index (κ1) is 25.0. The van der Waals surface area contributed by atoms with E-state index < -0.39 is 5.60 Å². The summed E-state index contributed by atoms with van der Waals surface area (Å²) in [5, 5.41) is 14.3. The van der Waals surface area contributed by atoms with Gasteiger partial charge in [-0.15, -0.1) is 0 Å². The molecule has 7 heteroatoms. The van der Waals surface area contributed by atoms with Crippen LogP contribution < -0.4 is 10.9 Å². The Balaban J connectivity index is 1.49. The molecule has 2 aromatic rings. The van der Waals surface area contributed by atoms with Crippen molar-refractivity contribution in [2.75, 3.05) is 25.0 Å². The summed E-state index contributed by atoms with van der Waals surface area (Å²) in [4.78, 5) is 31.5. The molecule has 7 nitrogen and oxygen atoms in total. The molecule has 0 aliphatic carbocycles. The molecule has 2 N–H and O–H groups in total. The third kappa shape index (κ3) is 7.42. The third-order valence-corrected chi connectivity index (χ3v) is 6.50. The zero-order valence-corrected chi connectivity index (χ0v) is 20.2. The second-order valence-corrected chi connectivity index (χ2v) is 9.82. The molecule has 3 rings (SSSR count). The van der Waals surface area contributed by atoms with E-state index in [2.05, 4.69) is 31.1 Å². The highest BCUT2D eigenvalue weighted by molar-refractivity contribution is 5.77. The molecular formula is C26H38N4O3. The first-order valence-electron chi connectivity index (χ1n) is 12.1. The SMILES string of the molecule is CC(C)CCCNc1cc(=O)n(CC2(O)CCN(C(=O)C[C@@H](C)c3ccccc3)CC2)cn1. The van der Waals surface area contributed by atoms with Crippen LogP contribution in [-0.2, 0) is 11.3 Å². The highest BCUT2D eigenvalue weighted by atomic mass is 16.3. The molecule has 180 valence electrons. The molecule has 0 saturated carbocycles. The maximum absolute atomic E-state index is 12.8. The van der Waals surface area contributed by atoms with Crippen LogP contribution in [0, 0.1) is 5.92 Å².